The van der Waals surface area contributed by atoms with Crippen LogP contribution in [0.5, 0.6) is 5.75 Å². The number of hydrogen-bond acceptors (Lipinski definition) is 5. The highest BCUT2D eigenvalue weighted by Crippen LogP contribution is 2.16. The van der Waals surface area contributed by atoms with E-state index in [1.807, 2.05) is 36.4 Å². The molecule has 0 saturated carbocycles. The van der Waals surface area contributed by atoms with Crippen molar-refractivity contribution >= 4 is 18.4 Å². The Bertz CT molecular complexity index is 900. The maximum atomic E-state index is 5.72. The summed E-state index contributed by atoms with van der Waals surface area (Å²) in [4.78, 5) is 4.02. The van der Waals surface area contributed by atoms with Crippen molar-refractivity contribution in [2.75, 3.05) is 6.61 Å². The Hall–Kier alpha value is -2.80. The molecule has 0 aliphatic rings. The van der Waals surface area contributed by atoms with E-state index in [4.69, 9.17) is 17.0 Å². The lowest BCUT2D eigenvalue weighted by molar-refractivity contribution is 0.306. The van der Waals surface area contributed by atoms with Crippen LogP contribution in [0.15, 0.2) is 53.9 Å². The number of benzene rings is 1. The molecule has 0 aliphatic heterocycles. The van der Waals surface area contributed by atoms with Crippen molar-refractivity contribution in [3.63, 3.8) is 0 Å². The molecule has 0 aliphatic carbocycles. The van der Waals surface area contributed by atoms with Gasteiger partial charge in [-0.15, -0.1) is 0 Å². The smallest absolute Gasteiger partial charge is 0.216 e. The second kappa shape index (κ2) is 9.05. The summed E-state index contributed by atoms with van der Waals surface area (Å²) < 4.78 is 7.75. The van der Waals surface area contributed by atoms with Gasteiger partial charge in [-0.05, 0) is 60.6 Å². The summed E-state index contributed by atoms with van der Waals surface area (Å²) in [6.45, 7) is 2.93. The van der Waals surface area contributed by atoms with Crippen molar-refractivity contribution in [2.24, 2.45) is 5.10 Å². The molecule has 0 atom stereocenters. The van der Waals surface area contributed by atoms with Crippen LogP contribution in [0.4, 0.5) is 0 Å². The first-order valence-electron chi connectivity index (χ1n) is 8.63. The van der Waals surface area contributed by atoms with Crippen LogP contribution in [0.3, 0.4) is 0 Å². The number of pyridine rings is 1. The van der Waals surface area contributed by atoms with Crippen molar-refractivity contribution in [2.45, 2.75) is 26.2 Å². The predicted molar refractivity (Wildman–Crippen MR) is 105 cm³/mol. The third-order valence-electron chi connectivity index (χ3n) is 3.81. The largest absolute Gasteiger partial charge is 0.494 e. The molecular formula is C19H21N5OS. The lowest BCUT2D eigenvalue weighted by Gasteiger charge is -2.05. The Balaban J connectivity index is 1.71. The first kappa shape index (κ1) is 18.0. The van der Waals surface area contributed by atoms with Gasteiger partial charge in [0.1, 0.15) is 5.75 Å². The van der Waals surface area contributed by atoms with E-state index in [1.54, 1.807) is 23.3 Å². The number of nitrogens with one attached hydrogen (secondary N) is 1. The van der Waals surface area contributed by atoms with Gasteiger partial charge < -0.3 is 4.74 Å². The molecule has 3 rings (SSSR count). The summed E-state index contributed by atoms with van der Waals surface area (Å²) >= 11 is 5.27. The molecule has 1 aromatic carbocycles. The molecule has 0 unspecified atom stereocenters. The molecule has 134 valence electrons. The van der Waals surface area contributed by atoms with Crippen molar-refractivity contribution in [3.05, 3.63) is 59.1 Å². The fourth-order valence-corrected chi connectivity index (χ4v) is 2.58. The lowest BCUT2D eigenvalue weighted by atomic mass is 10.2. The van der Waals surface area contributed by atoms with Gasteiger partial charge in [0, 0.05) is 18.0 Å². The fourth-order valence-electron chi connectivity index (χ4n) is 2.40. The summed E-state index contributed by atoms with van der Waals surface area (Å²) in [5, 5.41) is 11.5. The van der Waals surface area contributed by atoms with Gasteiger partial charge in [0.25, 0.3) is 0 Å². The summed E-state index contributed by atoms with van der Waals surface area (Å²) in [5.74, 6) is 1.51. The molecule has 0 radical (unpaired) electrons. The number of aromatic amines is 1. The minimum absolute atomic E-state index is 0.434. The van der Waals surface area contributed by atoms with E-state index in [2.05, 4.69) is 27.2 Å². The number of unbranched alkanes of at least 4 members (excludes halogenated alkanes) is 2. The van der Waals surface area contributed by atoms with E-state index in [1.165, 1.54) is 12.8 Å². The van der Waals surface area contributed by atoms with Gasteiger partial charge >= 0.3 is 0 Å². The Kier molecular flexibility index (Phi) is 6.27. The van der Waals surface area contributed by atoms with Gasteiger partial charge in [0.15, 0.2) is 5.82 Å². The van der Waals surface area contributed by atoms with Crippen LogP contribution < -0.4 is 4.74 Å². The monoisotopic (exact) mass is 367 g/mol. The van der Waals surface area contributed by atoms with E-state index in [-0.39, 0.29) is 0 Å². The fraction of sp³-hybridized carbons (Fsp3) is 0.263. The van der Waals surface area contributed by atoms with Gasteiger partial charge in [-0.25, -0.2) is 5.10 Å². The van der Waals surface area contributed by atoms with E-state index >= 15 is 0 Å². The highest BCUT2D eigenvalue weighted by Gasteiger charge is 2.07. The SMILES string of the molecule is CCCCCOc1ccc(C=Nn2c(-c3ccncc3)n[nH]c2=S)cc1. The predicted octanol–water partition coefficient (Wildman–Crippen LogP) is 4.45. The lowest BCUT2D eigenvalue weighted by Crippen LogP contribution is -1.97. The molecule has 2 aromatic heterocycles. The van der Waals surface area contributed by atoms with Crippen LogP contribution in [-0.2, 0) is 0 Å². The van der Waals surface area contributed by atoms with E-state index in [0.29, 0.717) is 10.6 Å². The van der Waals surface area contributed by atoms with Gasteiger partial charge in [-0.1, -0.05) is 19.8 Å². The molecule has 0 spiro atoms. The number of nitrogens with zero attached hydrogens (tertiary/aromatic N) is 4. The molecule has 0 fully saturated rings. The van der Waals surface area contributed by atoms with Gasteiger partial charge in [0.2, 0.25) is 4.77 Å². The second-order valence-corrected chi connectivity index (χ2v) is 6.16. The molecule has 26 heavy (non-hydrogen) atoms. The van der Waals surface area contributed by atoms with E-state index in [9.17, 15) is 0 Å². The average Bonchev–Trinajstić information content (AvgIpc) is 3.06. The van der Waals surface area contributed by atoms with Crippen LogP contribution >= 0.6 is 12.2 Å². The number of aromatic nitrogens is 4. The third kappa shape index (κ3) is 4.64. The maximum absolute atomic E-state index is 5.72. The molecule has 6 nitrogen and oxygen atoms in total. The van der Waals surface area contributed by atoms with E-state index in [0.717, 1.165) is 29.9 Å². The van der Waals surface area contributed by atoms with Crippen molar-refractivity contribution in [1.82, 2.24) is 19.9 Å². The molecule has 2 heterocycles. The van der Waals surface area contributed by atoms with Crippen LogP contribution in [-0.4, -0.2) is 32.7 Å². The molecule has 0 amide bonds. The Morgan fingerprint density at radius 1 is 1.15 bits per heavy atom. The average molecular weight is 367 g/mol. The van der Waals surface area contributed by atoms with Crippen molar-refractivity contribution in [1.29, 1.82) is 0 Å². The molecule has 7 heteroatoms. The van der Waals surface area contributed by atoms with E-state index < -0.39 is 0 Å². The Morgan fingerprint density at radius 3 is 2.65 bits per heavy atom. The summed E-state index contributed by atoms with van der Waals surface area (Å²) in [5.41, 5.74) is 1.84. The highest BCUT2D eigenvalue weighted by molar-refractivity contribution is 7.71. The van der Waals surface area contributed by atoms with Crippen molar-refractivity contribution in [3.8, 4) is 17.1 Å². The molecular weight excluding hydrogens is 346 g/mol. The Labute approximate surface area is 157 Å². The second-order valence-electron chi connectivity index (χ2n) is 5.77. The minimum Gasteiger partial charge on any atom is -0.494 e. The minimum atomic E-state index is 0.434. The van der Waals surface area contributed by atoms with Crippen LogP contribution in [0.2, 0.25) is 0 Å². The van der Waals surface area contributed by atoms with Crippen LogP contribution in [0, 0.1) is 4.77 Å². The normalized spacial score (nSPS) is 11.1. The summed E-state index contributed by atoms with van der Waals surface area (Å²) in [6, 6.07) is 11.6. The standard InChI is InChI=1S/C19H21N5OS/c1-2-3-4-13-25-17-7-5-15(6-8-17)14-21-24-18(22-23-19(24)26)16-9-11-20-12-10-16/h5-12,14H,2-4,13H2,1H3,(H,23,26). The quantitative estimate of drug-likeness (QED) is 0.363. The number of ether oxygens (including phenoxy) is 1. The number of H-pyrrole nitrogens is 1. The molecule has 3 aromatic rings. The van der Waals surface area contributed by atoms with Gasteiger partial charge in [-0.2, -0.15) is 14.9 Å². The number of hydrogen-bond donors (Lipinski definition) is 1. The zero-order valence-electron chi connectivity index (χ0n) is 14.6. The Morgan fingerprint density at radius 2 is 1.92 bits per heavy atom. The summed E-state index contributed by atoms with van der Waals surface area (Å²) in [6.07, 6.45) is 8.63. The van der Waals surface area contributed by atoms with Crippen LogP contribution in [0.25, 0.3) is 11.4 Å². The molecule has 0 bridgehead atoms. The zero-order valence-corrected chi connectivity index (χ0v) is 15.4. The molecule has 1 N–H and O–H groups in total. The topological polar surface area (TPSA) is 68.1 Å². The van der Waals surface area contributed by atoms with Crippen LogP contribution in [0.1, 0.15) is 31.7 Å². The first-order valence-corrected chi connectivity index (χ1v) is 9.04. The van der Waals surface area contributed by atoms with Gasteiger partial charge in [-0.3, -0.25) is 4.98 Å². The maximum Gasteiger partial charge on any atom is 0.216 e. The third-order valence-corrected chi connectivity index (χ3v) is 4.07. The highest BCUT2D eigenvalue weighted by atomic mass is 32.1. The summed E-state index contributed by atoms with van der Waals surface area (Å²) in [7, 11) is 0. The molecule has 0 saturated heterocycles. The number of rotatable bonds is 8. The van der Waals surface area contributed by atoms with Crippen molar-refractivity contribution < 1.29 is 4.74 Å². The zero-order chi connectivity index (χ0) is 18.2. The van der Waals surface area contributed by atoms with Gasteiger partial charge in [0.05, 0.1) is 12.8 Å². The first-order chi connectivity index (χ1) is 12.8.